The number of hydrogen-bond donors (Lipinski definition) is 1. The molecule has 32 heavy (non-hydrogen) atoms. The summed E-state index contributed by atoms with van der Waals surface area (Å²) in [5, 5.41) is 14.1. The number of amides is 1. The van der Waals surface area contributed by atoms with Crippen molar-refractivity contribution >= 4 is 17.3 Å². The van der Waals surface area contributed by atoms with Crippen LogP contribution in [0.4, 0.5) is 28.9 Å². The topological polar surface area (TPSA) is 78.7 Å². The molecule has 3 rings (SSSR count). The van der Waals surface area contributed by atoms with E-state index >= 15 is 0 Å². The lowest BCUT2D eigenvalue weighted by Crippen LogP contribution is -2.49. The van der Waals surface area contributed by atoms with Crippen LogP contribution < -0.4 is 10.2 Å². The van der Waals surface area contributed by atoms with Crippen molar-refractivity contribution in [3.05, 3.63) is 69.0 Å². The largest absolute Gasteiger partial charge is 0.416 e. The Morgan fingerprint density at radius 2 is 1.81 bits per heavy atom. The smallest absolute Gasteiger partial charge is 0.363 e. The highest BCUT2D eigenvalue weighted by atomic mass is 19.4. The van der Waals surface area contributed by atoms with Crippen LogP contribution in [0.1, 0.15) is 16.7 Å². The fourth-order valence-corrected chi connectivity index (χ4v) is 3.54. The van der Waals surface area contributed by atoms with Crippen LogP contribution in [0.3, 0.4) is 0 Å². The van der Waals surface area contributed by atoms with Crippen molar-refractivity contribution in [2.45, 2.75) is 19.6 Å². The molecule has 172 valence electrons. The Hall–Kier alpha value is -3.21. The molecule has 1 aliphatic heterocycles. The minimum Gasteiger partial charge on any atom is -0.363 e. The molecule has 2 aromatic rings. The SMILES string of the molecule is Cc1cc(CNC(=O)CN2CCN(c3ccc(C(F)(F)F)cc3[N+](=O)[O-])CC2)ccc1F. The first-order chi connectivity index (χ1) is 15.0. The van der Waals surface area contributed by atoms with Crippen LogP contribution in [0, 0.1) is 22.9 Å². The molecule has 1 heterocycles. The van der Waals surface area contributed by atoms with Crippen LogP contribution in [-0.4, -0.2) is 48.5 Å². The van der Waals surface area contributed by atoms with Gasteiger partial charge in [0, 0.05) is 38.8 Å². The van der Waals surface area contributed by atoms with Gasteiger partial charge < -0.3 is 10.2 Å². The monoisotopic (exact) mass is 454 g/mol. The predicted molar refractivity (Wildman–Crippen MR) is 110 cm³/mol. The van der Waals surface area contributed by atoms with E-state index < -0.39 is 22.4 Å². The quantitative estimate of drug-likeness (QED) is 0.411. The summed E-state index contributed by atoms with van der Waals surface area (Å²) >= 11 is 0. The molecular formula is C21H22F4N4O3. The second kappa shape index (κ2) is 9.51. The summed E-state index contributed by atoms with van der Waals surface area (Å²) in [5.41, 5.74) is -0.277. The van der Waals surface area contributed by atoms with Crippen LogP contribution in [0.5, 0.6) is 0 Å². The van der Waals surface area contributed by atoms with E-state index in [-0.39, 0.29) is 30.5 Å². The number of piperazine rings is 1. The van der Waals surface area contributed by atoms with Crippen LogP contribution in [-0.2, 0) is 17.5 Å². The van der Waals surface area contributed by atoms with Crippen molar-refractivity contribution in [3.8, 4) is 0 Å². The average Bonchev–Trinajstić information content (AvgIpc) is 2.74. The molecule has 7 nitrogen and oxygen atoms in total. The van der Waals surface area contributed by atoms with E-state index in [0.29, 0.717) is 37.8 Å². The Labute approximate surface area is 181 Å². The molecule has 1 saturated heterocycles. The average molecular weight is 454 g/mol. The van der Waals surface area contributed by atoms with Gasteiger partial charge in [-0.3, -0.25) is 19.8 Å². The van der Waals surface area contributed by atoms with Crippen LogP contribution in [0.15, 0.2) is 36.4 Å². The third-order valence-electron chi connectivity index (χ3n) is 5.29. The third kappa shape index (κ3) is 5.72. The molecule has 0 spiro atoms. The number of nitro benzene ring substituents is 1. The minimum atomic E-state index is -4.66. The van der Waals surface area contributed by atoms with Gasteiger partial charge in [-0.1, -0.05) is 12.1 Å². The molecule has 0 saturated carbocycles. The Morgan fingerprint density at radius 3 is 2.41 bits per heavy atom. The van der Waals surface area contributed by atoms with Gasteiger partial charge in [0.15, 0.2) is 0 Å². The molecule has 0 aliphatic carbocycles. The molecule has 1 N–H and O–H groups in total. The van der Waals surface area contributed by atoms with E-state index in [1.165, 1.54) is 6.07 Å². The molecule has 0 atom stereocenters. The number of nitrogens with zero attached hydrogens (tertiary/aromatic N) is 3. The first kappa shape index (κ1) is 23.5. The van der Waals surface area contributed by atoms with Crippen molar-refractivity contribution in [1.82, 2.24) is 10.2 Å². The number of aryl methyl sites for hydroxylation is 1. The summed E-state index contributed by atoms with van der Waals surface area (Å²) in [6, 6.07) is 7.10. The van der Waals surface area contributed by atoms with E-state index in [9.17, 15) is 32.5 Å². The number of halogens is 4. The maximum Gasteiger partial charge on any atom is 0.416 e. The van der Waals surface area contributed by atoms with Gasteiger partial charge in [-0.2, -0.15) is 13.2 Å². The maximum absolute atomic E-state index is 13.3. The molecule has 0 bridgehead atoms. The lowest BCUT2D eigenvalue weighted by Gasteiger charge is -2.35. The van der Waals surface area contributed by atoms with Crippen molar-refractivity contribution < 1.29 is 27.3 Å². The second-order valence-corrected chi connectivity index (χ2v) is 7.58. The standard InChI is InChI=1S/C21H22F4N4O3/c1-14-10-15(2-4-17(14)22)12-26-20(30)13-27-6-8-28(9-7-27)18-5-3-16(21(23,24)25)11-19(18)29(31)32/h2-5,10-11H,6-9,12-13H2,1H3,(H,26,30). The van der Waals surface area contributed by atoms with E-state index in [2.05, 4.69) is 5.32 Å². The number of carbonyl (C=O) groups is 1. The molecule has 0 radical (unpaired) electrons. The second-order valence-electron chi connectivity index (χ2n) is 7.58. The lowest BCUT2D eigenvalue weighted by molar-refractivity contribution is -0.384. The zero-order chi connectivity index (χ0) is 23.5. The number of nitrogens with one attached hydrogen (secondary N) is 1. The van der Waals surface area contributed by atoms with E-state index in [0.717, 1.165) is 17.7 Å². The fraction of sp³-hybridized carbons (Fsp3) is 0.381. The number of carbonyl (C=O) groups excluding carboxylic acids is 1. The molecule has 2 aromatic carbocycles. The summed E-state index contributed by atoms with van der Waals surface area (Å²) in [5.74, 6) is -0.535. The normalized spacial score (nSPS) is 15.0. The molecule has 1 amide bonds. The van der Waals surface area contributed by atoms with Gasteiger partial charge in [0.25, 0.3) is 5.69 Å². The molecule has 0 unspecified atom stereocenters. The van der Waals surface area contributed by atoms with Crippen molar-refractivity contribution in [3.63, 3.8) is 0 Å². The summed E-state index contributed by atoms with van der Waals surface area (Å²) in [6.45, 7) is 3.51. The highest BCUT2D eigenvalue weighted by Crippen LogP contribution is 2.36. The van der Waals surface area contributed by atoms with E-state index in [1.807, 2.05) is 4.90 Å². The van der Waals surface area contributed by atoms with E-state index in [4.69, 9.17) is 0 Å². The lowest BCUT2D eigenvalue weighted by atomic mass is 10.1. The zero-order valence-corrected chi connectivity index (χ0v) is 17.3. The summed E-state index contributed by atoms with van der Waals surface area (Å²) in [7, 11) is 0. The summed E-state index contributed by atoms with van der Waals surface area (Å²) in [6.07, 6.45) is -4.66. The van der Waals surface area contributed by atoms with Crippen molar-refractivity contribution in [2.75, 3.05) is 37.6 Å². The summed E-state index contributed by atoms with van der Waals surface area (Å²) in [4.78, 5) is 26.2. The minimum absolute atomic E-state index is 0.114. The number of nitro groups is 1. The maximum atomic E-state index is 13.3. The Balaban J connectivity index is 1.55. The zero-order valence-electron chi connectivity index (χ0n) is 17.3. The van der Waals surface area contributed by atoms with Gasteiger partial charge in [0.05, 0.1) is 17.0 Å². The Kier molecular flexibility index (Phi) is 6.97. The summed E-state index contributed by atoms with van der Waals surface area (Å²) < 4.78 is 52.0. The Bertz CT molecular complexity index is 1010. The van der Waals surface area contributed by atoms with Gasteiger partial charge >= 0.3 is 6.18 Å². The van der Waals surface area contributed by atoms with Gasteiger partial charge in [-0.15, -0.1) is 0 Å². The number of hydrogen-bond acceptors (Lipinski definition) is 5. The number of alkyl halides is 3. The van der Waals surface area contributed by atoms with Gasteiger partial charge in [-0.25, -0.2) is 4.39 Å². The third-order valence-corrected chi connectivity index (χ3v) is 5.29. The van der Waals surface area contributed by atoms with Gasteiger partial charge in [0.1, 0.15) is 11.5 Å². The first-order valence-electron chi connectivity index (χ1n) is 9.89. The molecule has 1 fully saturated rings. The van der Waals surface area contributed by atoms with Crippen LogP contribution >= 0.6 is 0 Å². The van der Waals surface area contributed by atoms with Crippen molar-refractivity contribution in [1.29, 1.82) is 0 Å². The number of benzene rings is 2. The van der Waals surface area contributed by atoms with E-state index in [1.54, 1.807) is 24.0 Å². The highest BCUT2D eigenvalue weighted by molar-refractivity contribution is 5.78. The van der Waals surface area contributed by atoms with Crippen LogP contribution in [0.25, 0.3) is 0 Å². The first-order valence-corrected chi connectivity index (χ1v) is 9.89. The van der Waals surface area contributed by atoms with Crippen LogP contribution in [0.2, 0.25) is 0 Å². The number of rotatable bonds is 6. The molecular weight excluding hydrogens is 432 g/mol. The molecule has 11 heteroatoms. The molecule has 0 aromatic heterocycles. The predicted octanol–water partition coefficient (Wildman–Crippen LogP) is 3.50. The van der Waals surface area contributed by atoms with Gasteiger partial charge in [0.2, 0.25) is 5.91 Å². The van der Waals surface area contributed by atoms with Crippen molar-refractivity contribution in [2.24, 2.45) is 0 Å². The Morgan fingerprint density at radius 1 is 1.12 bits per heavy atom. The highest BCUT2D eigenvalue weighted by Gasteiger charge is 2.34. The number of anilines is 1. The van der Waals surface area contributed by atoms with Gasteiger partial charge in [-0.05, 0) is 36.2 Å². The fourth-order valence-electron chi connectivity index (χ4n) is 3.54. The molecule has 1 aliphatic rings.